The Morgan fingerprint density at radius 3 is 2.58 bits per heavy atom. The summed E-state index contributed by atoms with van der Waals surface area (Å²) in [5, 5.41) is 11.7. The van der Waals surface area contributed by atoms with Crippen LogP contribution in [0.3, 0.4) is 0 Å². The number of para-hydroxylation sites is 1. The smallest absolute Gasteiger partial charge is 0.240 e. The number of thioether (sulfide) groups is 1. The molecule has 1 aliphatic rings. The second kappa shape index (κ2) is 6.84. The van der Waals surface area contributed by atoms with Crippen LogP contribution in [-0.4, -0.2) is 26.0 Å². The first-order valence-electron chi connectivity index (χ1n) is 8.40. The molecule has 2 atom stereocenters. The molecule has 0 saturated heterocycles. The molecular weight excluding hydrogens is 346 g/mol. The van der Waals surface area contributed by atoms with Gasteiger partial charge in [-0.1, -0.05) is 60.3 Å². The molecule has 1 aliphatic heterocycles. The number of nitrogens with zero attached hydrogens (tertiary/aromatic N) is 3. The van der Waals surface area contributed by atoms with Crippen LogP contribution in [0.4, 0.5) is 5.69 Å². The number of benzene rings is 2. The molecule has 2 aromatic carbocycles. The van der Waals surface area contributed by atoms with E-state index in [0.717, 1.165) is 22.6 Å². The molecule has 1 amide bonds. The monoisotopic (exact) mass is 365 g/mol. The summed E-state index contributed by atoms with van der Waals surface area (Å²) in [6.45, 7) is 3.87. The van der Waals surface area contributed by atoms with Gasteiger partial charge >= 0.3 is 0 Å². The lowest BCUT2D eigenvalue weighted by Crippen LogP contribution is -2.41. The van der Waals surface area contributed by atoms with Crippen molar-refractivity contribution in [2.45, 2.75) is 30.3 Å². The van der Waals surface area contributed by atoms with E-state index in [2.05, 4.69) is 20.9 Å². The minimum absolute atomic E-state index is 0.0578. The number of amides is 1. The summed E-state index contributed by atoms with van der Waals surface area (Å²) in [5.41, 5.74) is 6.31. The number of nitrogens with one attached hydrogen (secondary N) is 2. The van der Waals surface area contributed by atoms with Crippen molar-refractivity contribution in [1.29, 1.82) is 0 Å². The highest BCUT2D eigenvalue weighted by molar-refractivity contribution is 8.00. The molecule has 0 saturated carbocycles. The zero-order valence-electron chi connectivity index (χ0n) is 14.5. The number of carbonyl (C=O) groups excluding carboxylic acids is 1. The maximum absolute atomic E-state index is 13.1. The lowest BCUT2D eigenvalue weighted by atomic mass is 10.0. The fourth-order valence-corrected chi connectivity index (χ4v) is 4.11. The molecule has 132 valence electrons. The lowest BCUT2D eigenvalue weighted by molar-refractivity contribution is -0.116. The predicted octanol–water partition coefficient (Wildman–Crippen LogP) is 3.29. The van der Waals surface area contributed by atoms with E-state index in [1.54, 1.807) is 0 Å². The number of hydrogen-bond acceptors (Lipinski definition) is 5. The van der Waals surface area contributed by atoms with E-state index in [1.165, 1.54) is 11.8 Å². The van der Waals surface area contributed by atoms with Gasteiger partial charge in [-0.15, -0.1) is 10.2 Å². The number of rotatable bonds is 3. The van der Waals surface area contributed by atoms with Gasteiger partial charge in [-0.2, -0.15) is 0 Å². The van der Waals surface area contributed by atoms with E-state index < -0.39 is 0 Å². The molecule has 26 heavy (non-hydrogen) atoms. The molecule has 2 heterocycles. The average Bonchev–Trinajstić information content (AvgIpc) is 3.03. The second-order valence-electron chi connectivity index (χ2n) is 6.23. The molecule has 7 heteroatoms. The molecule has 0 fully saturated rings. The molecule has 2 unspecified atom stereocenters. The standard InChI is InChI=1S/C19H19N5OS/c1-12-8-6-7-11-15(12)20-18(25)17-16(14-9-4-3-5-10-14)23-24-13(2)21-22-19(24)26-17/h3-11,16-17,23H,1-2H3,(H,20,25). The van der Waals surface area contributed by atoms with E-state index in [1.807, 2.05) is 73.1 Å². The van der Waals surface area contributed by atoms with Crippen molar-refractivity contribution in [3.05, 3.63) is 71.5 Å². The quantitative estimate of drug-likeness (QED) is 0.745. The highest BCUT2D eigenvalue weighted by Gasteiger charge is 2.37. The zero-order chi connectivity index (χ0) is 18.1. The van der Waals surface area contributed by atoms with Crippen molar-refractivity contribution < 1.29 is 4.79 Å². The molecule has 0 bridgehead atoms. The van der Waals surface area contributed by atoms with Crippen LogP contribution in [0.15, 0.2) is 59.8 Å². The first-order chi connectivity index (χ1) is 12.6. The molecule has 0 spiro atoms. The second-order valence-corrected chi connectivity index (χ2v) is 7.33. The Morgan fingerprint density at radius 2 is 1.81 bits per heavy atom. The summed E-state index contributed by atoms with van der Waals surface area (Å²) >= 11 is 1.43. The first-order valence-corrected chi connectivity index (χ1v) is 9.28. The number of hydrogen-bond donors (Lipinski definition) is 2. The van der Waals surface area contributed by atoms with Gasteiger partial charge in [-0.05, 0) is 31.0 Å². The van der Waals surface area contributed by atoms with E-state index >= 15 is 0 Å². The Balaban J connectivity index is 1.67. The summed E-state index contributed by atoms with van der Waals surface area (Å²) in [5.74, 6) is 0.712. The predicted molar refractivity (Wildman–Crippen MR) is 103 cm³/mol. The largest absolute Gasteiger partial charge is 0.325 e. The number of aryl methyl sites for hydroxylation is 2. The van der Waals surface area contributed by atoms with Crippen LogP contribution in [0.5, 0.6) is 0 Å². The Hall–Kier alpha value is -2.80. The van der Waals surface area contributed by atoms with Crippen LogP contribution >= 0.6 is 11.8 Å². The highest BCUT2D eigenvalue weighted by atomic mass is 32.2. The van der Waals surface area contributed by atoms with Crippen molar-refractivity contribution in [2.24, 2.45) is 0 Å². The molecule has 4 rings (SSSR count). The minimum atomic E-state index is -0.367. The number of anilines is 1. The van der Waals surface area contributed by atoms with Gasteiger partial charge in [0, 0.05) is 5.69 Å². The maximum atomic E-state index is 13.1. The van der Waals surface area contributed by atoms with Crippen LogP contribution in [0.25, 0.3) is 0 Å². The Morgan fingerprint density at radius 1 is 1.08 bits per heavy atom. The molecule has 3 aromatic rings. The van der Waals surface area contributed by atoms with Crippen LogP contribution < -0.4 is 10.7 Å². The fourth-order valence-electron chi connectivity index (χ4n) is 2.99. The molecular formula is C19H19N5OS. The fraction of sp³-hybridized carbons (Fsp3) is 0.211. The lowest BCUT2D eigenvalue weighted by Gasteiger charge is -2.32. The van der Waals surface area contributed by atoms with Crippen molar-refractivity contribution in [1.82, 2.24) is 14.9 Å². The number of fused-ring (bicyclic) bond motifs is 1. The summed E-state index contributed by atoms with van der Waals surface area (Å²) in [4.78, 5) is 13.1. The van der Waals surface area contributed by atoms with E-state index in [9.17, 15) is 4.79 Å². The third-order valence-corrected chi connectivity index (χ3v) is 5.63. The maximum Gasteiger partial charge on any atom is 0.240 e. The topological polar surface area (TPSA) is 71.8 Å². The van der Waals surface area contributed by atoms with Gasteiger partial charge < -0.3 is 10.7 Å². The van der Waals surface area contributed by atoms with Crippen LogP contribution in [0, 0.1) is 13.8 Å². The zero-order valence-corrected chi connectivity index (χ0v) is 15.3. The summed E-state index contributed by atoms with van der Waals surface area (Å²) in [6, 6.07) is 17.6. The number of aromatic nitrogens is 3. The normalized spacial score (nSPS) is 18.7. The number of carbonyl (C=O) groups is 1. The van der Waals surface area contributed by atoms with Crippen molar-refractivity contribution in [3.8, 4) is 0 Å². The van der Waals surface area contributed by atoms with Crippen LogP contribution in [0.2, 0.25) is 0 Å². The Kier molecular flexibility index (Phi) is 4.38. The van der Waals surface area contributed by atoms with Crippen LogP contribution in [-0.2, 0) is 4.79 Å². The third kappa shape index (κ3) is 3.06. The summed E-state index contributed by atoms with van der Waals surface area (Å²) < 4.78 is 1.85. The third-order valence-electron chi connectivity index (χ3n) is 4.42. The molecule has 0 aliphatic carbocycles. The Labute approximate surface area is 156 Å². The van der Waals surface area contributed by atoms with E-state index in [4.69, 9.17) is 0 Å². The SMILES string of the molecule is Cc1ccccc1NC(=O)C1Sc2nnc(C)n2NC1c1ccccc1. The van der Waals surface area contributed by atoms with Crippen molar-refractivity contribution >= 4 is 23.4 Å². The molecule has 1 aromatic heterocycles. The van der Waals surface area contributed by atoms with Gasteiger partial charge in [0.1, 0.15) is 11.1 Å². The van der Waals surface area contributed by atoms with Gasteiger partial charge in [-0.25, -0.2) is 4.68 Å². The summed E-state index contributed by atoms with van der Waals surface area (Å²) in [6.07, 6.45) is 0. The van der Waals surface area contributed by atoms with Gasteiger partial charge in [0.2, 0.25) is 11.1 Å². The Bertz CT molecular complexity index is 940. The summed E-state index contributed by atoms with van der Waals surface area (Å²) in [7, 11) is 0. The minimum Gasteiger partial charge on any atom is -0.325 e. The van der Waals surface area contributed by atoms with Crippen molar-refractivity contribution in [3.63, 3.8) is 0 Å². The van der Waals surface area contributed by atoms with Gasteiger partial charge in [0.05, 0.1) is 6.04 Å². The van der Waals surface area contributed by atoms with Crippen molar-refractivity contribution in [2.75, 3.05) is 10.7 Å². The van der Waals surface area contributed by atoms with E-state index in [0.29, 0.717) is 5.16 Å². The average molecular weight is 365 g/mol. The van der Waals surface area contributed by atoms with Gasteiger partial charge in [0.15, 0.2) is 0 Å². The van der Waals surface area contributed by atoms with Gasteiger partial charge in [0.25, 0.3) is 0 Å². The molecule has 0 radical (unpaired) electrons. The molecule has 6 nitrogen and oxygen atoms in total. The molecule has 2 N–H and O–H groups in total. The van der Waals surface area contributed by atoms with Gasteiger partial charge in [-0.3, -0.25) is 4.79 Å². The van der Waals surface area contributed by atoms with Crippen LogP contribution in [0.1, 0.15) is 23.0 Å². The van der Waals surface area contributed by atoms with E-state index in [-0.39, 0.29) is 17.2 Å². The first kappa shape index (κ1) is 16.7. The highest BCUT2D eigenvalue weighted by Crippen LogP contribution is 2.37.